The van der Waals surface area contributed by atoms with E-state index in [0.717, 1.165) is 12.1 Å². The number of hydrogen-bond acceptors (Lipinski definition) is 4. The van der Waals surface area contributed by atoms with Crippen molar-refractivity contribution in [3.05, 3.63) is 40.1 Å². The number of alkyl halides is 3. The third-order valence-electron chi connectivity index (χ3n) is 4.40. The molecule has 5 nitrogen and oxygen atoms in total. The molecule has 0 aromatic heterocycles. The number of hydrogen-bond donors (Lipinski definition) is 0. The molecule has 0 saturated carbocycles. The number of nitrogens with zero attached hydrogens (tertiary/aromatic N) is 2. The van der Waals surface area contributed by atoms with Crippen LogP contribution in [0.3, 0.4) is 0 Å². The van der Waals surface area contributed by atoms with Crippen molar-refractivity contribution in [3.8, 4) is 0 Å². The number of piperidine rings is 1. The molecule has 1 aromatic rings. The second kappa shape index (κ2) is 7.82. The summed E-state index contributed by atoms with van der Waals surface area (Å²) in [5.74, 6) is -1.93. The molecule has 1 saturated heterocycles. The van der Waals surface area contributed by atoms with Crippen LogP contribution in [0.15, 0.2) is 23.4 Å². The van der Waals surface area contributed by atoms with Crippen molar-refractivity contribution in [2.24, 2.45) is 11.1 Å². The van der Waals surface area contributed by atoms with E-state index in [1.165, 1.54) is 4.90 Å². The Hall–Kier alpha value is -2.19. The molecular formula is C18H22F4N2O3. The van der Waals surface area contributed by atoms with Crippen LogP contribution >= 0.6 is 0 Å². The lowest BCUT2D eigenvalue weighted by atomic mass is 9.85. The molecule has 1 aliphatic rings. The van der Waals surface area contributed by atoms with Gasteiger partial charge in [-0.25, -0.2) is 9.18 Å². The minimum atomic E-state index is -4.85. The van der Waals surface area contributed by atoms with Gasteiger partial charge in [0.15, 0.2) is 0 Å². The molecule has 150 valence electrons. The summed E-state index contributed by atoms with van der Waals surface area (Å²) in [6, 6.07) is 1.60. The second-order valence-corrected chi connectivity index (χ2v) is 7.56. The summed E-state index contributed by atoms with van der Waals surface area (Å²) in [7, 11) is 0. The van der Waals surface area contributed by atoms with Crippen LogP contribution in [0.25, 0.3) is 0 Å². The first-order valence-corrected chi connectivity index (χ1v) is 8.60. The van der Waals surface area contributed by atoms with Crippen LogP contribution in [-0.2, 0) is 10.9 Å². The number of amides is 1. The van der Waals surface area contributed by atoms with Gasteiger partial charge in [-0.05, 0) is 45.6 Å². The summed E-state index contributed by atoms with van der Waals surface area (Å²) in [6.07, 6.45) is -4.73. The third-order valence-corrected chi connectivity index (χ3v) is 4.40. The van der Waals surface area contributed by atoms with E-state index in [-0.39, 0.29) is 18.7 Å². The molecule has 0 N–H and O–H groups in total. The summed E-state index contributed by atoms with van der Waals surface area (Å²) in [5, 5.41) is 2.90. The van der Waals surface area contributed by atoms with Crippen LogP contribution in [0.4, 0.5) is 22.4 Å². The first-order chi connectivity index (χ1) is 12.4. The quantitative estimate of drug-likeness (QED) is 0.520. The largest absolute Gasteiger partial charge is 0.444 e. The molecule has 1 unspecified atom stereocenters. The Kier molecular flexibility index (Phi) is 6.11. The van der Waals surface area contributed by atoms with E-state index in [1.807, 2.05) is 0 Å². The normalized spacial score (nSPS) is 17.5. The van der Waals surface area contributed by atoms with Crippen LogP contribution in [0.1, 0.15) is 50.8 Å². The Morgan fingerprint density at radius 3 is 2.30 bits per heavy atom. The van der Waals surface area contributed by atoms with Gasteiger partial charge in [0.05, 0.1) is 5.56 Å². The summed E-state index contributed by atoms with van der Waals surface area (Å²) in [6.45, 7) is 5.72. The summed E-state index contributed by atoms with van der Waals surface area (Å²) in [4.78, 5) is 24.9. The SMILES string of the molecule is CC(C)(C)OC(=O)N1CCC(C(N=O)c2cccc(C(F)(F)F)c2F)CC1. The van der Waals surface area contributed by atoms with Gasteiger partial charge in [0, 0.05) is 18.7 Å². The highest BCUT2D eigenvalue weighted by molar-refractivity contribution is 5.68. The Morgan fingerprint density at radius 2 is 1.81 bits per heavy atom. The lowest BCUT2D eigenvalue weighted by molar-refractivity contribution is -0.140. The van der Waals surface area contributed by atoms with Crippen molar-refractivity contribution in [1.82, 2.24) is 4.90 Å². The fourth-order valence-electron chi connectivity index (χ4n) is 3.12. The molecule has 0 radical (unpaired) electrons. The maximum atomic E-state index is 14.3. The molecule has 0 bridgehead atoms. The molecule has 0 spiro atoms. The van der Waals surface area contributed by atoms with Crippen molar-refractivity contribution >= 4 is 6.09 Å². The van der Waals surface area contributed by atoms with E-state index in [1.54, 1.807) is 20.8 Å². The average Bonchev–Trinajstić information content (AvgIpc) is 2.55. The number of nitroso groups, excluding NO2 is 1. The van der Waals surface area contributed by atoms with Crippen molar-refractivity contribution in [3.63, 3.8) is 0 Å². The minimum Gasteiger partial charge on any atom is -0.444 e. The lowest BCUT2D eigenvalue weighted by Crippen LogP contribution is -2.42. The molecular weight excluding hydrogens is 368 g/mol. The summed E-state index contributed by atoms with van der Waals surface area (Å²) >= 11 is 0. The van der Waals surface area contributed by atoms with Crippen LogP contribution in [0, 0.1) is 16.6 Å². The van der Waals surface area contributed by atoms with Gasteiger partial charge >= 0.3 is 12.3 Å². The third kappa shape index (κ3) is 5.17. The summed E-state index contributed by atoms with van der Waals surface area (Å²) in [5.41, 5.74) is -2.43. The number of carbonyl (C=O) groups excluding carboxylic acids is 1. The molecule has 9 heteroatoms. The monoisotopic (exact) mass is 390 g/mol. The Balaban J connectivity index is 2.13. The fraction of sp³-hybridized carbons (Fsp3) is 0.611. The van der Waals surface area contributed by atoms with Gasteiger partial charge in [0.1, 0.15) is 17.5 Å². The topological polar surface area (TPSA) is 59.0 Å². The maximum absolute atomic E-state index is 14.3. The van der Waals surface area contributed by atoms with Gasteiger partial charge in [-0.3, -0.25) is 0 Å². The fourth-order valence-corrected chi connectivity index (χ4v) is 3.12. The molecule has 0 aliphatic carbocycles. The number of rotatable bonds is 3. The first kappa shape index (κ1) is 21.1. The molecule has 1 fully saturated rings. The zero-order valence-corrected chi connectivity index (χ0v) is 15.3. The van der Waals surface area contributed by atoms with Gasteiger partial charge < -0.3 is 9.64 Å². The van der Waals surface area contributed by atoms with Gasteiger partial charge in [0.2, 0.25) is 0 Å². The predicted molar refractivity (Wildman–Crippen MR) is 90.5 cm³/mol. The number of ether oxygens (including phenoxy) is 1. The van der Waals surface area contributed by atoms with Gasteiger partial charge in [-0.2, -0.15) is 18.1 Å². The second-order valence-electron chi connectivity index (χ2n) is 7.56. The highest BCUT2D eigenvalue weighted by Gasteiger charge is 2.38. The molecule has 2 rings (SSSR count). The predicted octanol–water partition coefficient (Wildman–Crippen LogP) is 5.30. The van der Waals surface area contributed by atoms with Gasteiger partial charge in [0.25, 0.3) is 0 Å². The zero-order valence-electron chi connectivity index (χ0n) is 15.3. The van der Waals surface area contributed by atoms with E-state index in [4.69, 9.17) is 4.74 Å². The number of carbonyl (C=O) groups is 1. The standard InChI is InChI=1S/C18H22F4N2O3/c1-17(2,3)27-16(25)24-9-7-11(8-10-24)15(23-26)12-5-4-6-13(14(12)19)18(20,21)22/h4-6,11,15H,7-10H2,1-3H3. The Bertz CT molecular complexity index is 693. The van der Waals surface area contributed by atoms with Gasteiger partial charge in [-0.1, -0.05) is 17.3 Å². The summed E-state index contributed by atoms with van der Waals surface area (Å²) < 4.78 is 58.3. The first-order valence-electron chi connectivity index (χ1n) is 8.60. The Morgan fingerprint density at radius 1 is 1.22 bits per heavy atom. The van der Waals surface area contributed by atoms with Crippen LogP contribution in [0.5, 0.6) is 0 Å². The number of likely N-dealkylation sites (tertiary alicyclic amines) is 1. The van der Waals surface area contributed by atoms with E-state index >= 15 is 0 Å². The minimum absolute atomic E-state index is 0.256. The molecule has 27 heavy (non-hydrogen) atoms. The highest BCUT2D eigenvalue weighted by atomic mass is 19.4. The number of halogens is 4. The molecule has 1 aliphatic heterocycles. The van der Waals surface area contributed by atoms with Crippen molar-refractivity contribution in [2.75, 3.05) is 13.1 Å². The molecule has 1 atom stereocenters. The van der Waals surface area contributed by atoms with Crippen LogP contribution < -0.4 is 0 Å². The lowest BCUT2D eigenvalue weighted by Gasteiger charge is -2.35. The molecule has 1 aromatic carbocycles. The van der Waals surface area contributed by atoms with Gasteiger partial charge in [-0.15, -0.1) is 0 Å². The van der Waals surface area contributed by atoms with E-state index in [0.29, 0.717) is 18.9 Å². The van der Waals surface area contributed by atoms with Crippen LogP contribution in [-0.4, -0.2) is 29.7 Å². The number of benzene rings is 1. The van der Waals surface area contributed by atoms with E-state index < -0.39 is 41.2 Å². The van der Waals surface area contributed by atoms with E-state index in [9.17, 15) is 27.3 Å². The zero-order chi connectivity index (χ0) is 20.4. The van der Waals surface area contributed by atoms with E-state index in [2.05, 4.69) is 5.18 Å². The Labute approximate surface area is 154 Å². The average molecular weight is 390 g/mol. The van der Waals surface area contributed by atoms with Crippen molar-refractivity contribution in [1.29, 1.82) is 0 Å². The molecule has 1 amide bonds. The van der Waals surface area contributed by atoms with Crippen molar-refractivity contribution in [2.45, 2.75) is 51.4 Å². The smallest absolute Gasteiger partial charge is 0.419 e. The van der Waals surface area contributed by atoms with Crippen molar-refractivity contribution < 1.29 is 27.1 Å². The maximum Gasteiger partial charge on any atom is 0.419 e. The van der Waals surface area contributed by atoms with Crippen LogP contribution in [0.2, 0.25) is 0 Å². The molecule has 1 heterocycles. The highest BCUT2D eigenvalue weighted by Crippen LogP contribution is 2.39.